The van der Waals surface area contributed by atoms with Crippen molar-refractivity contribution in [1.82, 2.24) is 9.55 Å². The molecule has 0 aliphatic heterocycles. The van der Waals surface area contributed by atoms with Crippen molar-refractivity contribution in [3.05, 3.63) is 63.5 Å². The summed E-state index contributed by atoms with van der Waals surface area (Å²) in [5.41, 5.74) is 1.63. The van der Waals surface area contributed by atoms with Gasteiger partial charge in [-0.15, -0.1) is 0 Å². The number of aromatic amines is 1. The van der Waals surface area contributed by atoms with Gasteiger partial charge in [0.25, 0.3) is 0 Å². The van der Waals surface area contributed by atoms with Crippen LogP contribution in [-0.2, 0) is 0 Å². The van der Waals surface area contributed by atoms with E-state index in [2.05, 4.69) is 4.98 Å². The topological polar surface area (TPSA) is 75.1 Å². The lowest BCUT2D eigenvalue weighted by Crippen LogP contribution is -2.14. The third-order valence-corrected chi connectivity index (χ3v) is 3.34. The van der Waals surface area contributed by atoms with E-state index in [9.17, 15) is 9.59 Å². The number of hydrogen-bond donors (Lipinski definition) is 2. The zero-order chi connectivity index (χ0) is 14.3. The molecule has 100 valence electrons. The monoisotopic (exact) mass is 288 g/mol. The molecule has 2 N–H and O–H groups in total. The molecule has 3 aromatic rings. The first kappa shape index (κ1) is 12.5. The Morgan fingerprint density at radius 2 is 1.95 bits per heavy atom. The number of halogens is 1. The van der Waals surface area contributed by atoms with Gasteiger partial charge in [0.1, 0.15) is 0 Å². The fraction of sp³-hybridized carbons (Fsp3) is 0. The standard InChI is InChI=1S/C14H9ClN2O3/c15-10-7-8(5-6-9(10)13(18)19)17-12-4-2-1-3-11(12)16-14(17)20/h1-7H,(H,16,20)(H,18,19). The number of nitrogens with zero attached hydrogens (tertiary/aromatic N) is 1. The molecule has 0 saturated carbocycles. The maximum atomic E-state index is 12.0. The highest BCUT2D eigenvalue weighted by molar-refractivity contribution is 6.33. The third kappa shape index (κ3) is 1.88. The van der Waals surface area contributed by atoms with Crippen LogP contribution in [0.25, 0.3) is 16.7 Å². The minimum atomic E-state index is -1.10. The molecule has 0 saturated heterocycles. The Morgan fingerprint density at radius 3 is 2.65 bits per heavy atom. The third-order valence-electron chi connectivity index (χ3n) is 3.03. The van der Waals surface area contributed by atoms with Gasteiger partial charge in [-0.2, -0.15) is 0 Å². The first-order valence-electron chi connectivity index (χ1n) is 5.81. The first-order valence-corrected chi connectivity index (χ1v) is 6.19. The number of aromatic carboxylic acids is 1. The molecule has 5 nitrogen and oxygen atoms in total. The molecule has 0 amide bonds. The second-order valence-electron chi connectivity index (χ2n) is 4.25. The van der Waals surface area contributed by atoms with Gasteiger partial charge in [0, 0.05) is 0 Å². The fourth-order valence-electron chi connectivity index (χ4n) is 2.13. The molecule has 6 heteroatoms. The Morgan fingerprint density at radius 1 is 1.20 bits per heavy atom. The molecule has 0 radical (unpaired) electrons. The number of fused-ring (bicyclic) bond motifs is 1. The predicted octanol–water partition coefficient (Wildman–Crippen LogP) is 2.67. The summed E-state index contributed by atoms with van der Waals surface area (Å²) in [4.78, 5) is 25.7. The molecular formula is C14H9ClN2O3. The van der Waals surface area contributed by atoms with Crippen LogP contribution in [0, 0.1) is 0 Å². The summed E-state index contributed by atoms with van der Waals surface area (Å²) in [5, 5.41) is 9.04. The molecular weight excluding hydrogens is 280 g/mol. The summed E-state index contributed by atoms with van der Waals surface area (Å²) in [6.45, 7) is 0. The van der Waals surface area contributed by atoms with Crippen LogP contribution >= 0.6 is 11.6 Å². The number of benzene rings is 2. The molecule has 3 rings (SSSR count). The van der Waals surface area contributed by atoms with Crippen LogP contribution < -0.4 is 5.69 Å². The van der Waals surface area contributed by atoms with Crippen molar-refractivity contribution in [2.45, 2.75) is 0 Å². The lowest BCUT2D eigenvalue weighted by molar-refractivity contribution is 0.0697. The Hall–Kier alpha value is -2.53. The summed E-state index contributed by atoms with van der Waals surface area (Å²) in [6.07, 6.45) is 0. The maximum absolute atomic E-state index is 12.0. The number of carboxylic acids is 1. The van der Waals surface area contributed by atoms with E-state index in [4.69, 9.17) is 16.7 Å². The minimum absolute atomic E-state index is 0.00306. The van der Waals surface area contributed by atoms with Gasteiger partial charge in [-0.25, -0.2) is 9.59 Å². The normalized spacial score (nSPS) is 10.8. The number of nitrogens with one attached hydrogen (secondary N) is 1. The number of carboxylic acid groups (broad SMARTS) is 1. The van der Waals surface area contributed by atoms with E-state index in [0.29, 0.717) is 16.7 Å². The van der Waals surface area contributed by atoms with Crippen LogP contribution in [-0.4, -0.2) is 20.6 Å². The smallest absolute Gasteiger partial charge is 0.337 e. The summed E-state index contributed by atoms with van der Waals surface area (Å²) in [7, 11) is 0. The number of para-hydroxylation sites is 2. The van der Waals surface area contributed by atoms with E-state index in [-0.39, 0.29) is 16.3 Å². The minimum Gasteiger partial charge on any atom is -0.478 e. The Labute approximate surface area is 118 Å². The van der Waals surface area contributed by atoms with Crippen molar-refractivity contribution in [2.75, 3.05) is 0 Å². The summed E-state index contributed by atoms with van der Waals surface area (Å²) >= 11 is 5.94. The molecule has 0 fully saturated rings. The van der Waals surface area contributed by atoms with Crippen molar-refractivity contribution < 1.29 is 9.90 Å². The van der Waals surface area contributed by atoms with Crippen LogP contribution in [0.3, 0.4) is 0 Å². The Bertz CT molecular complexity index is 880. The van der Waals surface area contributed by atoms with E-state index >= 15 is 0 Å². The Kier molecular flexibility index (Phi) is 2.84. The van der Waals surface area contributed by atoms with E-state index in [1.165, 1.54) is 16.7 Å². The van der Waals surface area contributed by atoms with Crippen LogP contribution in [0.5, 0.6) is 0 Å². The number of H-pyrrole nitrogens is 1. The second kappa shape index (κ2) is 4.54. The van der Waals surface area contributed by atoms with Gasteiger partial charge in [0.2, 0.25) is 0 Å². The van der Waals surface area contributed by atoms with E-state index in [0.717, 1.165) is 0 Å². The molecule has 0 spiro atoms. The quantitative estimate of drug-likeness (QED) is 0.761. The first-order chi connectivity index (χ1) is 9.58. The average Bonchev–Trinajstić information content (AvgIpc) is 2.73. The highest BCUT2D eigenvalue weighted by Gasteiger charge is 2.12. The fourth-order valence-corrected chi connectivity index (χ4v) is 2.38. The predicted molar refractivity (Wildman–Crippen MR) is 75.9 cm³/mol. The zero-order valence-electron chi connectivity index (χ0n) is 10.1. The largest absolute Gasteiger partial charge is 0.478 e. The number of rotatable bonds is 2. The van der Waals surface area contributed by atoms with Gasteiger partial charge in [-0.1, -0.05) is 23.7 Å². The molecule has 0 bridgehead atoms. The summed E-state index contributed by atoms with van der Waals surface area (Å²) in [5.74, 6) is -1.10. The highest BCUT2D eigenvalue weighted by Crippen LogP contribution is 2.22. The van der Waals surface area contributed by atoms with Gasteiger partial charge in [-0.3, -0.25) is 4.57 Å². The number of hydrogen-bond acceptors (Lipinski definition) is 2. The number of aromatic nitrogens is 2. The van der Waals surface area contributed by atoms with E-state index in [1.807, 2.05) is 12.1 Å². The molecule has 1 aromatic heterocycles. The number of carbonyl (C=O) groups is 1. The average molecular weight is 289 g/mol. The van der Waals surface area contributed by atoms with Gasteiger partial charge < -0.3 is 10.1 Å². The molecule has 0 atom stereocenters. The lowest BCUT2D eigenvalue weighted by atomic mass is 10.2. The molecule has 0 aliphatic rings. The van der Waals surface area contributed by atoms with Crippen molar-refractivity contribution >= 4 is 28.6 Å². The van der Waals surface area contributed by atoms with E-state index in [1.54, 1.807) is 18.2 Å². The van der Waals surface area contributed by atoms with Crippen molar-refractivity contribution in [3.8, 4) is 5.69 Å². The van der Waals surface area contributed by atoms with E-state index < -0.39 is 5.97 Å². The molecule has 2 aromatic carbocycles. The van der Waals surface area contributed by atoms with Crippen LogP contribution in [0.4, 0.5) is 0 Å². The summed E-state index contributed by atoms with van der Waals surface area (Å²) in [6, 6.07) is 11.6. The second-order valence-corrected chi connectivity index (χ2v) is 4.66. The maximum Gasteiger partial charge on any atom is 0.337 e. The van der Waals surface area contributed by atoms with Gasteiger partial charge >= 0.3 is 11.7 Å². The van der Waals surface area contributed by atoms with Crippen molar-refractivity contribution in [2.24, 2.45) is 0 Å². The molecule has 0 unspecified atom stereocenters. The molecule has 0 aliphatic carbocycles. The molecule has 1 heterocycles. The van der Waals surface area contributed by atoms with Gasteiger partial charge in [0.05, 0.1) is 27.3 Å². The number of imidazole rings is 1. The highest BCUT2D eigenvalue weighted by atomic mass is 35.5. The van der Waals surface area contributed by atoms with Crippen LogP contribution in [0.2, 0.25) is 5.02 Å². The summed E-state index contributed by atoms with van der Waals surface area (Å²) < 4.78 is 1.45. The van der Waals surface area contributed by atoms with Crippen LogP contribution in [0.1, 0.15) is 10.4 Å². The van der Waals surface area contributed by atoms with Crippen molar-refractivity contribution in [1.29, 1.82) is 0 Å². The van der Waals surface area contributed by atoms with Crippen LogP contribution in [0.15, 0.2) is 47.3 Å². The molecule has 20 heavy (non-hydrogen) atoms. The SMILES string of the molecule is O=C(O)c1ccc(-n2c(=O)[nH]c3ccccc32)cc1Cl. The van der Waals surface area contributed by atoms with Gasteiger partial charge in [0.15, 0.2) is 0 Å². The van der Waals surface area contributed by atoms with Crippen molar-refractivity contribution in [3.63, 3.8) is 0 Å². The Balaban J connectivity index is 2.26. The van der Waals surface area contributed by atoms with Gasteiger partial charge in [-0.05, 0) is 30.3 Å². The lowest BCUT2D eigenvalue weighted by Gasteiger charge is -2.05. The zero-order valence-corrected chi connectivity index (χ0v) is 10.9.